The van der Waals surface area contributed by atoms with E-state index in [-0.39, 0.29) is 5.69 Å². The monoisotopic (exact) mass is 290 g/mol. The summed E-state index contributed by atoms with van der Waals surface area (Å²) in [6.45, 7) is 0. The summed E-state index contributed by atoms with van der Waals surface area (Å²) in [5, 5.41) is 10.9. The molecule has 3 aromatic rings. The van der Waals surface area contributed by atoms with E-state index in [1.807, 2.05) is 24.3 Å². The highest BCUT2D eigenvalue weighted by Gasteiger charge is 2.13. The van der Waals surface area contributed by atoms with E-state index < -0.39 is 5.97 Å². The first-order chi connectivity index (χ1) is 8.16. The summed E-state index contributed by atoms with van der Waals surface area (Å²) in [6, 6.07) is 7.61. The predicted molar refractivity (Wildman–Crippen MR) is 68.3 cm³/mol. The number of hydrogen-bond donors (Lipinski definition) is 2. The Labute approximate surface area is 104 Å². The van der Waals surface area contributed by atoms with Crippen molar-refractivity contribution in [1.29, 1.82) is 0 Å². The van der Waals surface area contributed by atoms with Gasteiger partial charge >= 0.3 is 5.97 Å². The minimum Gasteiger partial charge on any atom is -0.476 e. The van der Waals surface area contributed by atoms with E-state index in [2.05, 4.69) is 25.9 Å². The summed E-state index contributed by atoms with van der Waals surface area (Å²) >= 11 is 3.39. The molecule has 5 heteroatoms. The third kappa shape index (κ3) is 1.51. The molecular weight excluding hydrogens is 284 g/mol. The number of carbonyl (C=O) groups is 1. The minimum atomic E-state index is -1.03. The second-order valence-corrected chi connectivity index (χ2v) is 4.62. The quantitative estimate of drug-likeness (QED) is 0.723. The number of aromatic nitrogens is 2. The summed E-state index contributed by atoms with van der Waals surface area (Å²) in [5.74, 6) is -1.03. The highest BCUT2D eigenvalue weighted by molar-refractivity contribution is 9.10. The van der Waals surface area contributed by atoms with Crippen molar-refractivity contribution >= 4 is 43.7 Å². The van der Waals surface area contributed by atoms with Crippen LogP contribution in [0.3, 0.4) is 0 Å². The molecule has 0 amide bonds. The molecule has 0 bridgehead atoms. The molecule has 0 spiro atoms. The van der Waals surface area contributed by atoms with Crippen LogP contribution in [0, 0.1) is 0 Å². The molecule has 2 N–H and O–H groups in total. The standard InChI is InChI=1S/C12H7BrN2O2/c13-6-1-2-7-8-3-4-14-11(12(16)17)10(8)15-9(7)5-6/h1-5,15H,(H,16,17). The number of nitrogens with one attached hydrogen (secondary N) is 1. The molecule has 0 saturated carbocycles. The van der Waals surface area contributed by atoms with Crippen molar-refractivity contribution < 1.29 is 9.90 Å². The number of nitrogens with zero attached hydrogens (tertiary/aromatic N) is 1. The van der Waals surface area contributed by atoms with Crippen LogP contribution in [0.2, 0.25) is 0 Å². The normalized spacial score (nSPS) is 11.1. The second kappa shape index (κ2) is 3.56. The summed E-state index contributed by atoms with van der Waals surface area (Å²) < 4.78 is 0.946. The van der Waals surface area contributed by atoms with Crippen molar-refractivity contribution in [3.63, 3.8) is 0 Å². The molecule has 0 fully saturated rings. The van der Waals surface area contributed by atoms with Gasteiger partial charge in [0, 0.05) is 27.0 Å². The molecule has 0 radical (unpaired) electrons. The molecular formula is C12H7BrN2O2. The van der Waals surface area contributed by atoms with Crippen LogP contribution in [0.5, 0.6) is 0 Å². The highest BCUT2D eigenvalue weighted by Crippen LogP contribution is 2.28. The summed E-state index contributed by atoms with van der Waals surface area (Å²) in [7, 11) is 0. The first-order valence-electron chi connectivity index (χ1n) is 4.96. The van der Waals surface area contributed by atoms with Gasteiger partial charge in [-0.05, 0) is 18.2 Å². The summed E-state index contributed by atoms with van der Waals surface area (Å²) in [6.07, 6.45) is 1.51. The zero-order valence-electron chi connectivity index (χ0n) is 8.57. The highest BCUT2D eigenvalue weighted by atomic mass is 79.9. The van der Waals surface area contributed by atoms with E-state index >= 15 is 0 Å². The predicted octanol–water partition coefficient (Wildman–Crippen LogP) is 3.18. The lowest BCUT2D eigenvalue weighted by Crippen LogP contribution is -2.00. The fourth-order valence-corrected chi connectivity index (χ4v) is 2.33. The Morgan fingerprint density at radius 3 is 2.88 bits per heavy atom. The van der Waals surface area contributed by atoms with Crippen LogP contribution in [0.1, 0.15) is 10.5 Å². The van der Waals surface area contributed by atoms with Crippen molar-refractivity contribution in [2.75, 3.05) is 0 Å². The average molecular weight is 291 g/mol. The maximum Gasteiger partial charge on any atom is 0.356 e. The largest absolute Gasteiger partial charge is 0.476 e. The van der Waals surface area contributed by atoms with Gasteiger partial charge in [-0.1, -0.05) is 22.0 Å². The van der Waals surface area contributed by atoms with Gasteiger partial charge in [-0.3, -0.25) is 0 Å². The van der Waals surface area contributed by atoms with Gasteiger partial charge in [-0.25, -0.2) is 9.78 Å². The van der Waals surface area contributed by atoms with Crippen molar-refractivity contribution in [1.82, 2.24) is 9.97 Å². The Morgan fingerprint density at radius 2 is 2.12 bits per heavy atom. The topological polar surface area (TPSA) is 66.0 Å². The zero-order chi connectivity index (χ0) is 12.0. The van der Waals surface area contributed by atoms with Crippen molar-refractivity contribution in [3.05, 3.63) is 40.6 Å². The van der Waals surface area contributed by atoms with Gasteiger partial charge < -0.3 is 10.1 Å². The van der Waals surface area contributed by atoms with Gasteiger partial charge in [0.2, 0.25) is 0 Å². The fourth-order valence-electron chi connectivity index (χ4n) is 1.96. The molecule has 0 atom stereocenters. The van der Waals surface area contributed by atoms with Gasteiger partial charge in [-0.2, -0.15) is 0 Å². The molecule has 0 aliphatic carbocycles. The van der Waals surface area contributed by atoms with E-state index in [1.54, 1.807) is 0 Å². The molecule has 0 aliphatic rings. The number of halogens is 1. The Hall–Kier alpha value is -1.88. The van der Waals surface area contributed by atoms with Crippen LogP contribution in [0.15, 0.2) is 34.9 Å². The molecule has 3 rings (SSSR count). The molecule has 4 nitrogen and oxygen atoms in total. The third-order valence-electron chi connectivity index (χ3n) is 2.69. The van der Waals surface area contributed by atoms with Gasteiger partial charge in [0.25, 0.3) is 0 Å². The smallest absolute Gasteiger partial charge is 0.356 e. The fraction of sp³-hybridized carbons (Fsp3) is 0. The number of carboxylic acid groups (broad SMARTS) is 1. The van der Waals surface area contributed by atoms with Crippen molar-refractivity contribution in [2.45, 2.75) is 0 Å². The number of H-pyrrole nitrogens is 1. The maximum absolute atomic E-state index is 11.1. The van der Waals surface area contributed by atoms with Gasteiger partial charge in [0.05, 0.1) is 5.52 Å². The first-order valence-corrected chi connectivity index (χ1v) is 5.75. The Bertz CT molecular complexity index is 749. The number of carboxylic acids is 1. The molecule has 1 aromatic carbocycles. The van der Waals surface area contributed by atoms with Gasteiger partial charge in [0.1, 0.15) is 0 Å². The molecule has 0 unspecified atom stereocenters. The number of fused-ring (bicyclic) bond motifs is 3. The number of benzene rings is 1. The first kappa shape index (κ1) is 10.3. The number of hydrogen-bond acceptors (Lipinski definition) is 2. The average Bonchev–Trinajstić information content (AvgIpc) is 2.65. The van der Waals surface area contributed by atoms with Gasteiger partial charge in [0.15, 0.2) is 5.69 Å². The van der Waals surface area contributed by atoms with E-state index in [9.17, 15) is 4.79 Å². The number of pyridine rings is 1. The van der Waals surface area contributed by atoms with Crippen LogP contribution < -0.4 is 0 Å². The Morgan fingerprint density at radius 1 is 1.29 bits per heavy atom. The SMILES string of the molecule is O=C(O)c1nccc2c1[nH]c1cc(Br)ccc12. The lowest BCUT2D eigenvalue weighted by Gasteiger charge is -1.94. The van der Waals surface area contributed by atoms with E-state index in [4.69, 9.17) is 5.11 Å². The van der Waals surface area contributed by atoms with Crippen LogP contribution in [0.4, 0.5) is 0 Å². The Kier molecular flexibility index (Phi) is 2.16. The molecule has 0 saturated heterocycles. The molecule has 2 heterocycles. The number of aromatic amines is 1. The number of rotatable bonds is 1. The van der Waals surface area contributed by atoms with E-state index in [0.717, 1.165) is 20.8 Å². The number of aromatic carboxylic acids is 1. The van der Waals surface area contributed by atoms with Crippen LogP contribution in [0.25, 0.3) is 21.8 Å². The van der Waals surface area contributed by atoms with Crippen molar-refractivity contribution in [3.8, 4) is 0 Å². The van der Waals surface area contributed by atoms with E-state index in [0.29, 0.717) is 5.52 Å². The lowest BCUT2D eigenvalue weighted by molar-refractivity contribution is 0.0692. The zero-order valence-corrected chi connectivity index (χ0v) is 10.2. The molecule has 0 aliphatic heterocycles. The summed E-state index contributed by atoms with van der Waals surface area (Å²) in [4.78, 5) is 18.0. The Balaban J connectivity index is 2.50. The summed E-state index contributed by atoms with van der Waals surface area (Å²) in [5.41, 5.74) is 1.51. The molecule has 17 heavy (non-hydrogen) atoms. The van der Waals surface area contributed by atoms with Crippen LogP contribution >= 0.6 is 15.9 Å². The second-order valence-electron chi connectivity index (χ2n) is 3.70. The lowest BCUT2D eigenvalue weighted by atomic mass is 10.1. The van der Waals surface area contributed by atoms with Crippen LogP contribution in [-0.2, 0) is 0 Å². The van der Waals surface area contributed by atoms with E-state index in [1.165, 1.54) is 6.20 Å². The van der Waals surface area contributed by atoms with Crippen molar-refractivity contribution in [2.24, 2.45) is 0 Å². The molecule has 2 aromatic heterocycles. The molecule has 84 valence electrons. The van der Waals surface area contributed by atoms with Gasteiger partial charge in [-0.15, -0.1) is 0 Å². The van der Waals surface area contributed by atoms with Crippen LogP contribution in [-0.4, -0.2) is 21.0 Å². The third-order valence-corrected chi connectivity index (χ3v) is 3.18. The maximum atomic E-state index is 11.1. The minimum absolute atomic E-state index is 0.0508.